The van der Waals surface area contributed by atoms with E-state index in [9.17, 15) is 18.0 Å². The number of aromatic nitrogens is 3. The maximum Gasteiger partial charge on any atom is 0.416 e. The van der Waals surface area contributed by atoms with Gasteiger partial charge in [-0.3, -0.25) is 10.2 Å². The first kappa shape index (κ1) is 22.1. The number of urea groups is 1. The molecule has 2 aliphatic heterocycles. The van der Waals surface area contributed by atoms with Gasteiger partial charge < -0.3 is 9.32 Å². The van der Waals surface area contributed by atoms with Crippen molar-refractivity contribution >= 4 is 23.4 Å². The van der Waals surface area contributed by atoms with Crippen molar-refractivity contribution in [2.24, 2.45) is 0 Å². The number of hydrogen-bond donors (Lipinski definition) is 1. The molecule has 0 saturated carbocycles. The standard InChI is InChI=1S/C25H19F3N6O2/c26-25(27,28)17-3-1-2-15(10-17)19-4-5-20-23(31-19)34(18-7-9-33(20)13-18)24(35)32-22-11-16(6-8-30-22)21-12-29-14-36-21/h1-6,8,10-12,14,18H,7,9,13H2,(H,30,32,35). The molecule has 2 bridgehead atoms. The Morgan fingerprint density at radius 2 is 2.00 bits per heavy atom. The monoisotopic (exact) mass is 492 g/mol. The number of hydrogen-bond acceptors (Lipinski definition) is 6. The molecule has 0 radical (unpaired) electrons. The van der Waals surface area contributed by atoms with Crippen LogP contribution >= 0.6 is 0 Å². The molecule has 2 amide bonds. The first-order chi connectivity index (χ1) is 17.4. The molecule has 6 rings (SSSR count). The minimum absolute atomic E-state index is 0.126. The van der Waals surface area contributed by atoms with Crippen LogP contribution in [-0.4, -0.2) is 40.1 Å². The van der Waals surface area contributed by atoms with Gasteiger partial charge in [-0.2, -0.15) is 13.2 Å². The van der Waals surface area contributed by atoms with Crippen molar-refractivity contribution in [2.45, 2.75) is 18.6 Å². The van der Waals surface area contributed by atoms with Crippen molar-refractivity contribution in [3.8, 4) is 22.6 Å². The fourth-order valence-corrected chi connectivity index (χ4v) is 4.67. The minimum Gasteiger partial charge on any atom is -0.444 e. The quantitative estimate of drug-likeness (QED) is 0.409. The van der Waals surface area contributed by atoms with Crippen LogP contribution in [0.2, 0.25) is 0 Å². The maximum absolute atomic E-state index is 13.5. The van der Waals surface area contributed by atoms with E-state index in [1.54, 1.807) is 41.6 Å². The van der Waals surface area contributed by atoms with E-state index < -0.39 is 17.8 Å². The van der Waals surface area contributed by atoms with Gasteiger partial charge in [0.15, 0.2) is 18.0 Å². The topological polar surface area (TPSA) is 87.4 Å². The van der Waals surface area contributed by atoms with Gasteiger partial charge in [-0.05, 0) is 42.8 Å². The number of amides is 2. The number of nitrogens with zero attached hydrogens (tertiary/aromatic N) is 5. The molecule has 0 spiro atoms. The largest absolute Gasteiger partial charge is 0.444 e. The summed E-state index contributed by atoms with van der Waals surface area (Å²) in [5.41, 5.74) is 1.38. The van der Waals surface area contributed by atoms with Crippen molar-refractivity contribution < 1.29 is 22.4 Å². The summed E-state index contributed by atoms with van der Waals surface area (Å²) in [6, 6.07) is 11.4. The van der Waals surface area contributed by atoms with Crippen molar-refractivity contribution in [3.63, 3.8) is 0 Å². The highest BCUT2D eigenvalue weighted by molar-refractivity contribution is 6.04. The summed E-state index contributed by atoms with van der Waals surface area (Å²) in [7, 11) is 0. The van der Waals surface area contributed by atoms with E-state index >= 15 is 0 Å². The molecular formula is C25H19F3N6O2. The SMILES string of the molecule is O=C(Nc1cc(-c2cnco2)ccn1)N1c2nc(-c3cccc(C(F)(F)F)c3)ccc2N2CCC1C2. The zero-order valence-electron chi connectivity index (χ0n) is 18.7. The molecule has 1 saturated heterocycles. The molecule has 36 heavy (non-hydrogen) atoms. The second-order valence-electron chi connectivity index (χ2n) is 8.60. The molecule has 1 N–H and O–H groups in total. The van der Waals surface area contributed by atoms with Gasteiger partial charge in [0.25, 0.3) is 0 Å². The van der Waals surface area contributed by atoms with E-state index in [1.807, 2.05) is 6.07 Å². The fraction of sp³-hybridized carbons (Fsp3) is 0.200. The van der Waals surface area contributed by atoms with Crippen molar-refractivity contribution in [1.82, 2.24) is 15.0 Å². The summed E-state index contributed by atoms with van der Waals surface area (Å²) in [6.45, 7) is 1.40. The van der Waals surface area contributed by atoms with Gasteiger partial charge >= 0.3 is 12.2 Å². The Balaban J connectivity index is 1.34. The number of carbonyl (C=O) groups is 1. The Kier molecular flexibility index (Phi) is 5.13. The van der Waals surface area contributed by atoms with Gasteiger partial charge in [0, 0.05) is 30.4 Å². The highest BCUT2D eigenvalue weighted by Gasteiger charge is 2.40. The molecule has 1 fully saturated rings. The van der Waals surface area contributed by atoms with Crippen LogP contribution in [0.15, 0.2) is 71.7 Å². The zero-order chi connectivity index (χ0) is 24.9. The lowest BCUT2D eigenvalue weighted by Crippen LogP contribution is -2.48. The van der Waals surface area contributed by atoms with Crippen molar-refractivity contribution in [2.75, 3.05) is 28.2 Å². The van der Waals surface area contributed by atoms with Crippen LogP contribution in [0.1, 0.15) is 12.0 Å². The average molecular weight is 492 g/mol. The van der Waals surface area contributed by atoms with Crippen molar-refractivity contribution in [1.29, 1.82) is 0 Å². The summed E-state index contributed by atoms with van der Waals surface area (Å²) in [4.78, 5) is 30.0. The molecular weight excluding hydrogens is 473 g/mol. The number of fused-ring (bicyclic) bond motifs is 4. The van der Waals surface area contributed by atoms with Gasteiger partial charge in [0.2, 0.25) is 0 Å². The molecule has 4 aromatic rings. The maximum atomic E-state index is 13.5. The molecule has 3 aromatic heterocycles. The number of halogens is 3. The number of oxazole rings is 1. The van der Waals surface area contributed by atoms with Gasteiger partial charge in [-0.15, -0.1) is 0 Å². The van der Waals surface area contributed by atoms with Crippen LogP contribution in [-0.2, 0) is 6.18 Å². The second kappa shape index (κ2) is 8.36. The molecule has 182 valence electrons. The van der Waals surface area contributed by atoms with E-state index in [0.717, 1.165) is 30.8 Å². The normalized spacial score (nSPS) is 16.7. The molecule has 1 atom stereocenters. The van der Waals surface area contributed by atoms with Crippen LogP contribution in [0.4, 0.5) is 35.3 Å². The predicted octanol–water partition coefficient (Wildman–Crippen LogP) is 5.45. The van der Waals surface area contributed by atoms with E-state index in [-0.39, 0.29) is 6.04 Å². The highest BCUT2D eigenvalue weighted by atomic mass is 19.4. The third-order valence-electron chi connectivity index (χ3n) is 6.37. The Hall–Kier alpha value is -4.41. The number of rotatable bonds is 3. The smallest absolute Gasteiger partial charge is 0.416 e. The summed E-state index contributed by atoms with van der Waals surface area (Å²) in [5, 5.41) is 2.83. The van der Waals surface area contributed by atoms with Crippen LogP contribution < -0.4 is 15.1 Å². The van der Waals surface area contributed by atoms with Crippen LogP contribution in [0, 0.1) is 0 Å². The number of anilines is 3. The van der Waals surface area contributed by atoms with Gasteiger partial charge in [-0.1, -0.05) is 12.1 Å². The molecule has 11 heteroatoms. The van der Waals surface area contributed by atoms with Crippen LogP contribution in [0.5, 0.6) is 0 Å². The number of pyridine rings is 2. The van der Waals surface area contributed by atoms with E-state index in [4.69, 9.17) is 4.42 Å². The summed E-state index contributed by atoms with van der Waals surface area (Å²) in [5.74, 6) is 1.27. The zero-order valence-corrected chi connectivity index (χ0v) is 18.7. The first-order valence-electron chi connectivity index (χ1n) is 11.3. The molecule has 5 heterocycles. The summed E-state index contributed by atoms with van der Waals surface area (Å²) < 4.78 is 45.1. The molecule has 1 unspecified atom stereocenters. The Labute approximate surface area is 203 Å². The Morgan fingerprint density at radius 3 is 2.81 bits per heavy atom. The average Bonchev–Trinajstić information content (AvgIpc) is 3.55. The number of alkyl halides is 3. The molecule has 8 nitrogen and oxygen atoms in total. The Bertz CT molecular complexity index is 1440. The van der Waals surface area contributed by atoms with E-state index in [1.165, 1.54) is 12.5 Å². The fourth-order valence-electron chi connectivity index (χ4n) is 4.67. The van der Waals surface area contributed by atoms with E-state index in [2.05, 4.69) is 25.2 Å². The number of nitrogens with one attached hydrogen (secondary N) is 1. The van der Waals surface area contributed by atoms with Gasteiger partial charge in [-0.25, -0.2) is 19.7 Å². The predicted molar refractivity (Wildman–Crippen MR) is 127 cm³/mol. The summed E-state index contributed by atoms with van der Waals surface area (Å²) in [6.07, 6.45) is 0.716. The second-order valence-corrected chi connectivity index (χ2v) is 8.60. The molecule has 0 aliphatic carbocycles. The first-order valence-corrected chi connectivity index (χ1v) is 11.3. The van der Waals surface area contributed by atoms with E-state index in [0.29, 0.717) is 40.8 Å². The van der Waals surface area contributed by atoms with Crippen LogP contribution in [0.25, 0.3) is 22.6 Å². The number of carbonyl (C=O) groups excluding carboxylic acids is 1. The third-order valence-corrected chi connectivity index (χ3v) is 6.37. The molecule has 1 aromatic carbocycles. The lowest BCUT2D eigenvalue weighted by Gasteiger charge is -2.35. The Morgan fingerprint density at radius 1 is 1.11 bits per heavy atom. The van der Waals surface area contributed by atoms with Gasteiger partial charge in [0.05, 0.1) is 29.2 Å². The van der Waals surface area contributed by atoms with Crippen molar-refractivity contribution in [3.05, 3.63) is 72.9 Å². The summed E-state index contributed by atoms with van der Waals surface area (Å²) >= 11 is 0. The third kappa shape index (κ3) is 3.92. The number of benzene rings is 1. The lowest BCUT2D eigenvalue weighted by atomic mass is 10.1. The molecule has 2 aliphatic rings. The highest BCUT2D eigenvalue weighted by Crippen LogP contribution is 2.41. The minimum atomic E-state index is -4.46. The van der Waals surface area contributed by atoms with Gasteiger partial charge in [0.1, 0.15) is 5.82 Å². The van der Waals surface area contributed by atoms with Crippen LogP contribution in [0.3, 0.4) is 0 Å². The lowest BCUT2D eigenvalue weighted by molar-refractivity contribution is -0.137.